The second kappa shape index (κ2) is 10.4. The van der Waals surface area contributed by atoms with E-state index in [4.69, 9.17) is 10.2 Å². The molecule has 0 spiro atoms. The molecule has 204 valence electrons. The summed E-state index contributed by atoms with van der Waals surface area (Å²) >= 11 is 0. The van der Waals surface area contributed by atoms with Crippen molar-refractivity contribution in [2.75, 3.05) is 12.3 Å². The van der Waals surface area contributed by atoms with E-state index in [0.29, 0.717) is 24.5 Å². The molecule has 1 aromatic carbocycles. The monoisotopic (exact) mass is 542 g/mol. The molecule has 1 amide bonds. The van der Waals surface area contributed by atoms with Gasteiger partial charge in [0.15, 0.2) is 8.32 Å². The molecule has 0 saturated heterocycles. The number of carbonyl (C=O) groups is 1. The van der Waals surface area contributed by atoms with Crippen molar-refractivity contribution in [3.8, 4) is 11.8 Å². The van der Waals surface area contributed by atoms with Crippen molar-refractivity contribution in [2.24, 2.45) is 7.05 Å². The quantitative estimate of drug-likeness (QED) is 0.260. The number of aromatic nitrogens is 4. The number of fused-ring (bicyclic) bond motifs is 3. The number of hydrogen-bond donors (Lipinski definition) is 1. The Bertz CT molecular complexity index is 1640. The molecule has 4 aromatic rings. The minimum atomic E-state index is -1.72. The van der Waals surface area contributed by atoms with Crippen molar-refractivity contribution in [1.82, 2.24) is 24.6 Å². The van der Waals surface area contributed by atoms with Crippen LogP contribution in [-0.2, 0) is 18.0 Å². The topological polar surface area (TPSA) is 99.2 Å². The number of nitrogens with two attached hydrogens (primary N) is 1. The first-order chi connectivity index (χ1) is 18.2. The maximum Gasteiger partial charge on any atom is 0.254 e. The van der Waals surface area contributed by atoms with Gasteiger partial charge in [-0.25, -0.2) is 4.98 Å². The summed E-state index contributed by atoms with van der Waals surface area (Å²) in [4.78, 5) is 24.7. The molecule has 39 heavy (non-hydrogen) atoms. The van der Waals surface area contributed by atoms with Crippen molar-refractivity contribution in [1.29, 1.82) is 0 Å². The zero-order valence-corrected chi connectivity index (χ0v) is 25.4. The second-order valence-electron chi connectivity index (χ2n) is 11.5. The molecule has 4 rings (SSSR count). The first-order valence-corrected chi connectivity index (χ1v) is 16.6. The Kier molecular flexibility index (Phi) is 7.56. The minimum Gasteiger partial charge on any atom is -0.402 e. The van der Waals surface area contributed by atoms with Crippen molar-refractivity contribution < 1.29 is 9.22 Å². The predicted octanol–water partition coefficient (Wildman–Crippen LogP) is 5.36. The largest absolute Gasteiger partial charge is 0.402 e. The minimum absolute atomic E-state index is 0.0578. The number of rotatable bonds is 6. The molecule has 0 aliphatic heterocycles. The first-order valence-electron chi connectivity index (χ1n) is 13.2. The Morgan fingerprint density at radius 2 is 1.85 bits per heavy atom. The van der Waals surface area contributed by atoms with Gasteiger partial charge in [0, 0.05) is 36.3 Å². The third-order valence-corrected chi connectivity index (χ3v) is 7.66. The molecule has 2 N–H and O–H groups in total. The summed E-state index contributed by atoms with van der Waals surface area (Å²) < 4.78 is 7.97. The number of amides is 1. The number of anilines is 1. The Balaban J connectivity index is 1.61. The van der Waals surface area contributed by atoms with Gasteiger partial charge < -0.3 is 15.1 Å². The molecule has 0 aliphatic rings. The molecular formula is C30H38N6O2Si. The lowest BCUT2D eigenvalue weighted by atomic mass is 10.0. The van der Waals surface area contributed by atoms with E-state index in [1.807, 2.05) is 59.9 Å². The van der Waals surface area contributed by atoms with Gasteiger partial charge in [-0.15, -0.1) is 0 Å². The smallest absolute Gasteiger partial charge is 0.254 e. The fraction of sp³-hybridized carbons (Fsp3) is 0.400. The molecule has 0 saturated carbocycles. The Labute approximate surface area is 231 Å². The van der Waals surface area contributed by atoms with Crippen LogP contribution in [-0.4, -0.2) is 51.0 Å². The van der Waals surface area contributed by atoms with Crippen LogP contribution in [0.2, 0.25) is 19.6 Å². The molecule has 0 unspecified atom stereocenters. The number of hydrogen-bond acceptors (Lipinski definition) is 6. The van der Waals surface area contributed by atoms with Gasteiger partial charge in [-0.1, -0.05) is 11.8 Å². The van der Waals surface area contributed by atoms with Crippen LogP contribution in [0.25, 0.3) is 21.8 Å². The van der Waals surface area contributed by atoms with Gasteiger partial charge in [-0.05, 0) is 83.6 Å². The molecule has 8 nitrogen and oxygen atoms in total. The molecule has 3 aromatic heterocycles. The molecule has 0 atom stereocenters. The number of nitrogens with zero attached hydrogens (tertiary/aromatic N) is 5. The van der Waals surface area contributed by atoms with Crippen LogP contribution in [0.1, 0.15) is 53.5 Å². The molecule has 9 heteroatoms. The Hall–Kier alpha value is -3.74. The summed E-state index contributed by atoms with van der Waals surface area (Å²) in [5.41, 5.74) is 11.4. The molecule has 0 radical (unpaired) electrons. The zero-order chi connectivity index (χ0) is 28.7. The van der Waals surface area contributed by atoms with Gasteiger partial charge in [0.25, 0.3) is 5.91 Å². The summed E-state index contributed by atoms with van der Waals surface area (Å²) in [6.45, 7) is 17.3. The number of pyridine rings is 2. The third-order valence-electron chi connectivity index (χ3n) is 6.53. The maximum absolute atomic E-state index is 13.7. The van der Waals surface area contributed by atoms with Crippen LogP contribution in [0.4, 0.5) is 5.82 Å². The number of carbonyl (C=O) groups excluding carboxylic acids is 1. The normalized spacial score (nSPS) is 12.0. The number of nitrogen functional groups attached to an aromatic ring is 1. The van der Waals surface area contributed by atoms with Gasteiger partial charge in [0.2, 0.25) is 0 Å². The van der Waals surface area contributed by atoms with Crippen LogP contribution < -0.4 is 5.73 Å². The van der Waals surface area contributed by atoms with Crippen molar-refractivity contribution in [3.63, 3.8) is 0 Å². The number of aryl methyl sites for hydroxylation is 3. The first kappa shape index (κ1) is 28.3. The highest BCUT2D eigenvalue weighted by Gasteiger charge is 2.25. The molecular weight excluding hydrogens is 504 g/mol. The zero-order valence-electron chi connectivity index (χ0n) is 24.4. The highest BCUT2D eigenvalue weighted by Crippen LogP contribution is 2.30. The van der Waals surface area contributed by atoms with E-state index < -0.39 is 13.9 Å². The van der Waals surface area contributed by atoms with E-state index in [9.17, 15) is 4.79 Å². The van der Waals surface area contributed by atoms with Crippen molar-refractivity contribution in [2.45, 2.75) is 66.4 Å². The van der Waals surface area contributed by atoms with E-state index in [1.165, 1.54) is 0 Å². The predicted molar refractivity (Wildman–Crippen MR) is 160 cm³/mol. The molecule has 0 fully saturated rings. The van der Waals surface area contributed by atoms with Gasteiger partial charge in [0.1, 0.15) is 11.4 Å². The summed E-state index contributed by atoms with van der Waals surface area (Å²) in [5, 5.41) is 5.97. The van der Waals surface area contributed by atoms with E-state index in [1.54, 1.807) is 22.0 Å². The summed E-state index contributed by atoms with van der Waals surface area (Å²) in [6, 6.07) is 5.83. The highest BCUT2D eigenvalue weighted by molar-refractivity contribution is 6.69. The van der Waals surface area contributed by atoms with Gasteiger partial charge in [0.05, 0.1) is 34.9 Å². The fourth-order valence-corrected chi connectivity index (χ4v) is 6.46. The van der Waals surface area contributed by atoms with Crippen molar-refractivity contribution >= 4 is 41.8 Å². The van der Waals surface area contributed by atoms with E-state index >= 15 is 0 Å². The van der Waals surface area contributed by atoms with E-state index in [2.05, 4.69) is 46.5 Å². The lowest BCUT2D eigenvalue weighted by Crippen LogP contribution is -2.37. The summed E-state index contributed by atoms with van der Waals surface area (Å²) in [7, 11) is 0.146. The summed E-state index contributed by atoms with van der Waals surface area (Å²) in [6.07, 6.45) is 3.50. The number of benzene rings is 1. The van der Waals surface area contributed by atoms with Crippen LogP contribution in [0.5, 0.6) is 0 Å². The Morgan fingerprint density at radius 3 is 2.49 bits per heavy atom. The maximum atomic E-state index is 13.7. The molecule has 0 bridgehead atoms. The average molecular weight is 543 g/mol. The lowest BCUT2D eigenvalue weighted by Gasteiger charge is -2.28. The summed E-state index contributed by atoms with van der Waals surface area (Å²) in [5.74, 6) is 6.88. The average Bonchev–Trinajstić information content (AvgIpc) is 3.22. The SMILES string of the molecule is CCN(Cc1cc(C)c(C#CC(C)(C)O[Si](C)(C)C)cn1)C(=O)c1cc2c(cc1C)nc(N)c1cnn(C)c12. The van der Waals surface area contributed by atoms with Gasteiger partial charge in [-0.2, -0.15) is 5.10 Å². The van der Waals surface area contributed by atoms with Crippen LogP contribution in [0.15, 0.2) is 30.6 Å². The van der Waals surface area contributed by atoms with Crippen LogP contribution in [0, 0.1) is 25.7 Å². The standard InChI is InChI=1S/C30H38N6O2Si/c1-10-36(18-22-13-19(2)21(16-32-22)11-12-30(4,5)38-39(7,8)9)29(37)23-15-24-26(14-20(23)3)34-28(31)25-17-33-35(6)27(24)25/h13-17H,10,18H2,1-9H3,(H2,31,34). The van der Waals surface area contributed by atoms with Crippen LogP contribution >= 0.6 is 0 Å². The fourth-order valence-electron chi connectivity index (χ4n) is 4.87. The van der Waals surface area contributed by atoms with E-state index in [0.717, 1.165) is 44.2 Å². The van der Waals surface area contributed by atoms with Gasteiger partial charge in [-0.3, -0.25) is 14.5 Å². The molecule has 0 aliphatic carbocycles. The molecule has 3 heterocycles. The highest BCUT2D eigenvalue weighted by atomic mass is 28.4. The van der Waals surface area contributed by atoms with Crippen LogP contribution in [0.3, 0.4) is 0 Å². The van der Waals surface area contributed by atoms with E-state index in [-0.39, 0.29) is 5.91 Å². The second-order valence-corrected chi connectivity index (χ2v) is 15.9. The Morgan fingerprint density at radius 1 is 1.13 bits per heavy atom. The van der Waals surface area contributed by atoms with Gasteiger partial charge >= 0.3 is 0 Å². The van der Waals surface area contributed by atoms with Crippen molar-refractivity contribution in [3.05, 3.63) is 58.5 Å². The third kappa shape index (κ3) is 6.13. The lowest BCUT2D eigenvalue weighted by molar-refractivity contribution is 0.0750.